The van der Waals surface area contributed by atoms with Crippen LogP contribution in [0, 0.1) is 6.92 Å². The van der Waals surface area contributed by atoms with Gasteiger partial charge in [-0.3, -0.25) is 4.98 Å². The molecule has 0 amide bonds. The van der Waals surface area contributed by atoms with E-state index in [2.05, 4.69) is 16.4 Å². The molecule has 1 heterocycles. The SMILES string of the molecule is Cc1ccc2nccc(Nc3ccc(C(=O)O)cc3)c2c1. The number of aromatic carboxylic acids is 1. The number of hydrogen-bond donors (Lipinski definition) is 2. The summed E-state index contributed by atoms with van der Waals surface area (Å²) in [6, 6.07) is 14.7. The van der Waals surface area contributed by atoms with Crippen molar-refractivity contribution < 1.29 is 9.90 Å². The summed E-state index contributed by atoms with van der Waals surface area (Å²) in [5, 5.41) is 13.3. The number of carboxylic acids is 1. The van der Waals surface area contributed by atoms with Crippen LogP contribution in [0.4, 0.5) is 11.4 Å². The number of benzene rings is 2. The molecule has 0 atom stereocenters. The van der Waals surface area contributed by atoms with Gasteiger partial charge in [-0.05, 0) is 49.4 Å². The van der Waals surface area contributed by atoms with Crippen LogP contribution in [0.15, 0.2) is 54.7 Å². The van der Waals surface area contributed by atoms with Crippen LogP contribution >= 0.6 is 0 Å². The second-order valence-electron chi connectivity index (χ2n) is 4.89. The lowest BCUT2D eigenvalue weighted by Gasteiger charge is -2.10. The highest BCUT2D eigenvalue weighted by atomic mass is 16.4. The number of carboxylic acid groups (broad SMARTS) is 1. The van der Waals surface area contributed by atoms with Crippen molar-refractivity contribution in [2.24, 2.45) is 0 Å². The summed E-state index contributed by atoms with van der Waals surface area (Å²) in [7, 11) is 0. The topological polar surface area (TPSA) is 62.2 Å². The number of aromatic nitrogens is 1. The average molecular weight is 278 g/mol. The number of anilines is 2. The van der Waals surface area contributed by atoms with E-state index in [-0.39, 0.29) is 5.56 Å². The number of fused-ring (bicyclic) bond motifs is 1. The molecule has 0 bridgehead atoms. The summed E-state index contributed by atoms with van der Waals surface area (Å²) in [5.74, 6) is -0.925. The molecule has 0 unspecified atom stereocenters. The van der Waals surface area contributed by atoms with Crippen molar-refractivity contribution in [3.05, 3.63) is 65.9 Å². The normalized spacial score (nSPS) is 10.5. The predicted octanol–water partition coefficient (Wildman–Crippen LogP) is 3.99. The molecule has 0 aliphatic heterocycles. The Hall–Kier alpha value is -2.88. The summed E-state index contributed by atoms with van der Waals surface area (Å²) in [6.07, 6.45) is 1.76. The van der Waals surface area contributed by atoms with Gasteiger partial charge in [-0.25, -0.2) is 4.79 Å². The van der Waals surface area contributed by atoms with Crippen LogP contribution in [-0.4, -0.2) is 16.1 Å². The number of carbonyl (C=O) groups is 1. The largest absolute Gasteiger partial charge is 0.478 e. The molecule has 2 aromatic carbocycles. The smallest absolute Gasteiger partial charge is 0.335 e. The van der Waals surface area contributed by atoms with Crippen molar-refractivity contribution in [2.75, 3.05) is 5.32 Å². The van der Waals surface area contributed by atoms with Gasteiger partial charge < -0.3 is 10.4 Å². The van der Waals surface area contributed by atoms with E-state index in [0.29, 0.717) is 0 Å². The van der Waals surface area contributed by atoms with Gasteiger partial charge in [0.25, 0.3) is 0 Å². The summed E-state index contributed by atoms with van der Waals surface area (Å²) in [4.78, 5) is 15.2. The highest BCUT2D eigenvalue weighted by Crippen LogP contribution is 2.26. The summed E-state index contributed by atoms with van der Waals surface area (Å²) >= 11 is 0. The third-order valence-corrected chi connectivity index (χ3v) is 3.31. The first kappa shape index (κ1) is 13.1. The number of nitrogens with zero attached hydrogens (tertiary/aromatic N) is 1. The molecule has 0 fully saturated rings. The molecule has 21 heavy (non-hydrogen) atoms. The molecule has 4 nitrogen and oxygen atoms in total. The summed E-state index contributed by atoms with van der Waals surface area (Å²) < 4.78 is 0. The fourth-order valence-electron chi connectivity index (χ4n) is 2.22. The minimum Gasteiger partial charge on any atom is -0.478 e. The Morgan fingerprint density at radius 1 is 1.10 bits per heavy atom. The van der Waals surface area contributed by atoms with E-state index < -0.39 is 5.97 Å². The van der Waals surface area contributed by atoms with E-state index in [1.807, 2.05) is 25.1 Å². The Balaban J connectivity index is 1.97. The van der Waals surface area contributed by atoms with Crippen molar-refractivity contribution in [3.63, 3.8) is 0 Å². The van der Waals surface area contributed by atoms with E-state index in [1.165, 1.54) is 5.56 Å². The minimum atomic E-state index is -0.925. The van der Waals surface area contributed by atoms with Crippen LogP contribution in [0.5, 0.6) is 0 Å². The van der Waals surface area contributed by atoms with E-state index in [4.69, 9.17) is 5.11 Å². The van der Waals surface area contributed by atoms with Crippen LogP contribution in [0.2, 0.25) is 0 Å². The molecule has 4 heteroatoms. The number of aryl methyl sites for hydroxylation is 1. The zero-order chi connectivity index (χ0) is 14.8. The molecule has 2 N–H and O–H groups in total. The second kappa shape index (κ2) is 5.25. The van der Waals surface area contributed by atoms with Crippen molar-refractivity contribution in [1.29, 1.82) is 0 Å². The maximum Gasteiger partial charge on any atom is 0.335 e. The molecular weight excluding hydrogens is 264 g/mol. The molecule has 0 spiro atoms. The number of hydrogen-bond acceptors (Lipinski definition) is 3. The molecule has 0 saturated carbocycles. The predicted molar refractivity (Wildman–Crippen MR) is 83.2 cm³/mol. The van der Waals surface area contributed by atoms with Crippen LogP contribution in [0.25, 0.3) is 10.9 Å². The van der Waals surface area contributed by atoms with Crippen LogP contribution in [0.1, 0.15) is 15.9 Å². The molecular formula is C17H14N2O2. The number of nitrogens with one attached hydrogen (secondary N) is 1. The highest BCUT2D eigenvalue weighted by molar-refractivity contribution is 5.93. The first-order valence-corrected chi connectivity index (χ1v) is 6.59. The third-order valence-electron chi connectivity index (χ3n) is 3.31. The van der Waals surface area contributed by atoms with Gasteiger partial charge in [0.05, 0.1) is 11.1 Å². The van der Waals surface area contributed by atoms with E-state index in [1.54, 1.807) is 30.5 Å². The molecule has 3 aromatic rings. The Morgan fingerprint density at radius 3 is 2.57 bits per heavy atom. The average Bonchev–Trinajstić information content (AvgIpc) is 2.48. The van der Waals surface area contributed by atoms with Gasteiger partial charge in [0.15, 0.2) is 0 Å². The van der Waals surface area contributed by atoms with Crippen LogP contribution in [0.3, 0.4) is 0 Å². The third kappa shape index (κ3) is 2.69. The molecule has 1 aromatic heterocycles. The summed E-state index contributed by atoms with van der Waals surface area (Å²) in [6.45, 7) is 2.04. The van der Waals surface area contributed by atoms with Gasteiger partial charge in [0.1, 0.15) is 0 Å². The van der Waals surface area contributed by atoms with Crippen LogP contribution < -0.4 is 5.32 Å². The maximum absolute atomic E-state index is 10.9. The van der Waals surface area contributed by atoms with Gasteiger partial charge in [-0.15, -0.1) is 0 Å². The first-order valence-electron chi connectivity index (χ1n) is 6.59. The van der Waals surface area contributed by atoms with E-state index in [9.17, 15) is 4.79 Å². The molecule has 104 valence electrons. The Labute approximate surface area is 122 Å². The number of pyridine rings is 1. The van der Waals surface area contributed by atoms with Crippen molar-refractivity contribution >= 4 is 28.2 Å². The lowest BCUT2D eigenvalue weighted by Crippen LogP contribution is -1.97. The van der Waals surface area contributed by atoms with Gasteiger partial charge in [0.2, 0.25) is 0 Å². The molecule has 0 radical (unpaired) electrons. The molecule has 0 saturated heterocycles. The minimum absolute atomic E-state index is 0.274. The summed E-state index contributed by atoms with van der Waals surface area (Å²) in [5.41, 5.74) is 4.16. The van der Waals surface area contributed by atoms with Gasteiger partial charge in [0, 0.05) is 23.0 Å². The van der Waals surface area contributed by atoms with E-state index in [0.717, 1.165) is 22.3 Å². The van der Waals surface area contributed by atoms with E-state index >= 15 is 0 Å². The standard InChI is InChI=1S/C17H14N2O2/c1-11-2-7-15-14(10-11)16(8-9-18-15)19-13-5-3-12(4-6-13)17(20)21/h2-10H,1H3,(H,18,19)(H,20,21). The Kier molecular flexibility index (Phi) is 3.28. The van der Waals surface area contributed by atoms with Gasteiger partial charge in [-0.1, -0.05) is 11.6 Å². The fraction of sp³-hybridized carbons (Fsp3) is 0.0588. The molecule has 3 rings (SSSR count). The zero-order valence-corrected chi connectivity index (χ0v) is 11.5. The van der Waals surface area contributed by atoms with Gasteiger partial charge >= 0.3 is 5.97 Å². The first-order chi connectivity index (χ1) is 10.1. The second-order valence-corrected chi connectivity index (χ2v) is 4.89. The molecule has 0 aliphatic rings. The zero-order valence-electron chi connectivity index (χ0n) is 11.5. The number of rotatable bonds is 3. The monoisotopic (exact) mass is 278 g/mol. The highest BCUT2D eigenvalue weighted by Gasteiger charge is 2.05. The Morgan fingerprint density at radius 2 is 1.86 bits per heavy atom. The van der Waals surface area contributed by atoms with Gasteiger partial charge in [-0.2, -0.15) is 0 Å². The lowest BCUT2D eigenvalue weighted by atomic mass is 10.1. The van der Waals surface area contributed by atoms with Crippen molar-refractivity contribution in [1.82, 2.24) is 4.98 Å². The van der Waals surface area contributed by atoms with Crippen molar-refractivity contribution in [3.8, 4) is 0 Å². The maximum atomic E-state index is 10.9. The Bertz CT molecular complexity index is 811. The lowest BCUT2D eigenvalue weighted by molar-refractivity contribution is 0.0697. The quantitative estimate of drug-likeness (QED) is 0.760. The fourth-order valence-corrected chi connectivity index (χ4v) is 2.22. The van der Waals surface area contributed by atoms with Crippen LogP contribution in [-0.2, 0) is 0 Å². The van der Waals surface area contributed by atoms with Crippen molar-refractivity contribution in [2.45, 2.75) is 6.92 Å². The molecule has 0 aliphatic carbocycles.